The van der Waals surface area contributed by atoms with Crippen molar-refractivity contribution in [3.63, 3.8) is 0 Å². The predicted molar refractivity (Wildman–Crippen MR) is 62.0 cm³/mol. The maximum absolute atomic E-state index is 11.6. The lowest BCUT2D eigenvalue weighted by molar-refractivity contribution is 0.0736. The van der Waals surface area contributed by atoms with Crippen molar-refractivity contribution in [3.05, 3.63) is 17.9 Å². The summed E-state index contributed by atoms with van der Waals surface area (Å²) in [5.41, 5.74) is 0. The Morgan fingerprint density at radius 2 is 2.11 bits per heavy atom. The minimum Gasteiger partial charge on any atom is -0.440 e. The summed E-state index contributed by atoms with van der Waals surface area (Å²) in [6, 6.07) is 2.51. The number of ether oxygens (including phenoxy) is 2. The summed E-state index contributed by atoms with van der Waals surface area (Å²) in [5.74, 6) is -0.0354. The van der Waals surface area contributed by atoms with Crippen LogP contribution in [0.4, 0.5) is 0 Å². The van der Waals surface area contributed by atoms with E-state index in [4.69, 9.17) is 13.9 Å². The van der Waals surface area contributed by atoms with Crippen LogP contribution < -0.4 is 4.72 Å². The van der Waals surface area contributed by atoms with E-state index >= 15 is 0 Å². The zero-order valence-corrected chi connectivity index (χ0v) is 10.7. The number of hydrogen-bond acceptors (Lipinski definition) is 6. The molecule has 18 heavy (non-hydrogen) atoms. The van der Waals surface area contributed by atoms with Crippen LogP contribution in [0.15, 0.2) is 21.6 Å². The molecule has 0 aromatic carbocycles. The molecule has 0 radical (unpaired) electrons. The number of carbonyl (C=O) groups is 1. The van der Waals surface area contributed by atoms with E-state index in [1.54, 1.807) is 7.11 Å². The van der Waals surface area contributed by atoms with Gasteiger partial charge in [0.05, 0.1) is 19.8 Å². The van der Waals surface area contributed by atoms with Crippen LogP contribution >= 0.6 is 0 Å². The SMILES string of the molecule is COCCOCCNS(=O)(=O)c1ccc(C=O)o1. The van der Waals surface area contributed by atoms with Crippen molar-refractivity contribution in [1.29, 1.82) is 0 Å². The third-order valence-electron chi connectivity index (χ3n) is 1.95. The second-order valence-electron chi connectivity index (χ2n) is 3.28. The zero-order chi connectivity index (χ0) is 13.4. The van der Waals surface area contributed by atoms with Crippen molar-refractivity contribution in [2.45, 2.75) is 5.09 Å². The van der Waals surface area contributed by atoms with Gasteiger partial charge in [-0.15, -0.1) is 0 Å². The Morgan fingerprint density at radius 1 is 1.33 bits per heavy atom. The molecule has 1 rings (SSSR count). The molecule has 8 heteroatoms. The van der Waals surface area contributed by atoms with E-state index in [1.165, 1.54) is 12.1 Å². The molecule has 0 atom stereocenters. The molecule has 102 valence electrons. The van der Waals surface area contributed by atoms with Crippen molar-refractivity contribution in [2.24, 2.45) is 0 Å². The van der Waals surface area contributed by atoms with Crippen LogP contribution in [0, 0.1) is 0 Å². The second kappa shape index (κ2) is 7.27. The number of carbonyl (C=O) groups excluding carboxylic acids is 1. The van der Waals surface area contributed by atoms with Gasteiger partial charge < -0.3 is 13.9 Å². The maximum atomic E-state index is 11.6. The van der Waals surface area contributed by atoms with Gasteiger partial charge in [-0.2, -0.15) is 0 Å². The lowest BCUT2D eigenvalue weighted by atomic mass is 10.5. The van der Waals surface area contributed by atoms with E-state index < -0.39 is 10.0 Å². The first-order valence-corrected chi connectivity index (χ1v) is 6.70. The molecule has 0 spiro atoms. The molecule has 0 aliphatic carbocycles. The molecular weight excluding hydrogens is 262 g/mol. The van der Waals surface area contributed by atoms with Crippen LogP contribution in [-0.4, -0.2) is 48.2 Å². The van der Waals surface area contributed by atoms with Gasteiger partial charge >= 0.3 is 0 Å². The average Bonchev–Trinajstić information content (AvgIpc) is 2.83. The van der Waals surface area contributed by atoms with E-state index in [1.807, 2.05) is 0 Å². The molecule has 0 amide bonds. The minimum atomic E-state index is -3.73. The summed E-state index contributed by atoms with van der Waals surface area (Å²) in [6.07, 6.45) is 0.437. The molecule has 0 aliphatic rings. The third-order valence-corrected chi connectivity index (χ3v) is 3.29. The average molecular weight is 277 g/mol. The van der Waals surface area contributed by atoms with Gasteiger partial charge in [0, 0.05) is 13.7 Å². The van der Waals surface area contributed by atoms with E-state index in [2.05, 4.69) is 4.72 Å². The fourth-order valence-electron chi connectivity index (χ4n) is 1.11. The Kier molecular flexibility index (Phi) is 5.99. The molecule has 0 fully saturated rings. The topological polar surface area (TPSA) is 94.8 Å². The first-order chi connectivity index (χ1) is 8.60. The number of rotatable bonds is 9. The van der Waals surface area contributed by atoms with Crippen molar-refractivity contribution in [3.8, 4) is 0 Å². The summed E-state index contributed by atoms with van der Waals surface area (Å²) in [4.78, 5) is 10.4. The van der Waals surface area contributed by atoms with E-state index in [-0.39, 0.29) is 24.0 Å². The van der Waals surface area contributed by atoms with Gasteiger partial charge in [-0.25, -0.2) is 13.1 Å². The third kappa shape index (κ3) is 4.57. The van der Waals surface area contributed by atoms with Crippen LogP contribution in [0.1, 0.15) is 10.6 Å². The maximum Gasteiger partial charge on any atom is 0.274 e. The molecule has 1 aromatic rings. The molecule has 7 nitrogen and oxygen atoms in total. The fourth-order valence-corrected chi connectivity index (χ4v) is 2.05. The lowest BCUT2D eigenvalue weighted by Gasteiger charge is -2.05. The van der Waals surface area contributed by atoms with Gasteiger partial charge in [0.15, 0.2) is 12.0 Å². The van der Waals surface area contributed by atoms with Gasteiger partial charge in [0.25, 0.3) is 10.0 Å². The molecule has 1 heterocycles. The Balaban J connectivity index is 2.38. The Labute approximate surface area is 105 Å². The summed E-state index contributed by atoms with van der Waals surface area (Å²) >= 11 is 0. The number of methoxy groups -OCH3 is 1. The first-order valence-electron chi connectivity index (χ1n) is 5.21. The Hall–Kier alpha value is -1.22. The van der Waals surface area contributed by atoms with Crippen LogP contribution in [0.3, 0.4) is 0 Å². The van der Waals surface area contributed by atoms with Gasteiger partial charge in [-0.3, -0.25) is 4.79 Å². The molecule has 0 bridgehead atoms. The first kappa shape index (κ1) is 14.8. The predicted octanol–water partition coefficient (Wildman–Crippen LogP) is 0.0334. The van der Waals surface area contributed by atoms with Gasteiger partial charge in [0.2, 0.25) is 5.09 Å². The van der Waals surface area contributed by atoms with Gasteiger partial charge in [-0.1, -0.05) is 0 Å². The molecule has 0 saturated carbocycles. The number of furan rings is 1. The second-order valence-corrected chi connectivity index (χ2v) is 4.98. The summed E-state index contributed by atoms with van der Waals surface area (Å²) in [6.45, 7) is 1.19. The quantitative estimate of drug-likeness (QED) is 0.505. The zero-order valence-electron chi connectivity index (χ0n) is 9.92. The van der Waals surface area contributed by atoms with Crippen LogP contribution in [0.5, 0.6) is 0 Å². The monoisotopic (exact) mass is 277 g/mol. The molecule has 1 N–H and O–H groups in total. The Bertz CT molecular complexity index is 466. The lowest BCUT2D eigenvalue weighted by Crippen LogP contribution is -2.27. The van der Waals surface area contributed by atoms with Crippen molar-refractivity contribution in [2.75, 3.05) is 33.5 Å². The highest BCUT2D eigenvalue weighted by Gasteiger charge is 2.17. The normalized spacial score (nSPS) is 11.6. The van der Waals surface area contributed by atoms with Crippen LogP contribution in [-0.2, 0) is 19.5 Å². The van der Waals surface area contributed by atoms with Crippen LogP contribution in [0.25, 0.3) is 0 Å². The number of aldehydes is 1. The van der Waals surface area contributed by atoms with Crippen molar-refractivity contribution in [1.82, 2.24) is 4.72 Å². The van der Waals surface area contributed by atoms with Gasteiger partial charge in [0.1, 0.15) is 0 Å². The van der Waals surface area contributed by atoms with Gasteiger partial charge in [-0.05, 0) is 12.1 Å². The standard InChI is InChI=1S/C10H15NO6S/c1-15-6-7-16-5-4-11-18(13,14)10-3-2-9(8-12)17-10/h2-3,8,11H,4-7H2,1H3. The summed E-state index contributed by atoms with van der Waals surface area (Å²) < 4.78 is 40.3. The summed E-state index contributed by atoms with van der Waals surface area (Å²) in [7, 11) is -2.18. The number of nitrogens with one attached hydrogen (secondary N) is 1. The molecule has 1 aromatic heterocycles. The smallest absolute Gasteiger partial charge is 0.274 e. The summed E-state index contributed by atoms with van der Waals surface area (Å²) in [5, 5.41) is -0.290. The fraction of sp³-hybridized carbons (Fsp3) is 0.500. The number of hydrogen-bond donors (Lipinski definition) is 1. The highest BCUT2D eigenvalue weighted by atomic mass is 32.2. The number of sulfonamides is 1. The molecule has 0 aliphatic heterocycles. The molecular formula is C10H15NO6S. The van der Waals surface area contributed by atoms with E-state index in [0.29, 0.717) is 19.5 Å². The van der Waals surface area contributed by atoms with E-state index in [9.17, 15) is 13.2 Å². The van der Waals surface area contributed by atoms with E-state index in [0.717, 1.165) is 0 Å². The highest BCUT2D eigenvalue weighted by molar-refractivity contribution is 7.89. The van der Waals surface area contributed by atoms with Crippen LogP contribution in [0.2, 0.25) is 0 Å². The Morgan fingerprint density at radius 3 is 2.72 bits per heavy atom. The molecule has 0 unspecified atom stereocenters. The van der Waals surface area contributed by atoms with Crippen molar-refractivity contribution < 1.29 is 27.1 Å². The highest BCUT2D eigenvalue weighted by Crippen LogP contribution is 2.11. The largest absolute Gasteiger partial charge is 0.440 e. The molecule has 0 saturated heterocycles. The van der Waals surface area contributed by atoms with Crippen molar-refractivity contribution >= 4 is 16.3 Å². The minimum absolute atomic E-state index is 0.0354.